The van der Waals surface area contributed by atoms with Crippen LogP contribution in [0.15, 0.2) is 30.5 Å². The number of amides is 1. The quantitative estimate of drug-likeness (QED) is 0.824. The lowest BCUT2D eigenvalue weighted by Gasteiger charge is -2.11. The van der Waals surface area contributed by atoms with Crippen molar-refractivity contribution in [2.24, 2.45) is 0 Å². The first-order chi connectivity index (χ1) is 8.34. The van der Waals surface area contributed by atoms with E-state index < -0.39 is 0 Å². The van der Waals surface area contributed by atoms with Crippen LogP contribution in [0.5, 0.6) is 0 Å². The Labute approximate surface area is 99.0 Å². The highest BCUT2D eigenvalue weighted by atomic mass is 16.5. The number of ether oxygens (including phenoxy) is 1. The van der Waals surface area contributed by atoms with Gasteiger partial charge in [-0.3, -0.25) is 4.79 Å². The van der Waals surface area contributed by atoms with Crippen LogP contribution in [0.2, 0.25) is 0 Å². The van der Waals surface area contributed by atoms with E-state index in [0.29, 0.717) is 6.61 Å². The second-order valence-corrected chi connectivity index (χ2v) is 4.28. The van der Waals surface area contributed by atoms with E-state index in [1.165, 1.54) is 0 Å². The zero-order valence-electron chi connectivity index (χ0n) is 9.40. The Bertz CT molecular complexity index is 541. The number of aromatic nitrogens is 1. The maximum atomic E-state index is 12.1. The summed E-state index contributed by atoms with van der Waals surface area (Å²) in [6.45, 7) is 1.36. The zero-order valence-corrected chi connectivity index (χ0v) is 9.40. The Morgan fingerprint density at radius 1 is 1.41 bits per heavy atom. The summed E-state index contributed by atoms with van der Waals surface area (Å²) in [5, 5.41) is 3.96. The van der Waals surface area contributed by atoms with Gasteiger partial charge in [-0.2, -0.15) is 0 Å². The van der Waals surface area contributed by atoms with Crippen LogP contribution < -0.4 is 5.32 Å². The molecule has 1 aromatic carbocycles. The molecule has 4 heteroatoms. The Hall–Kier alpha value is -1.81. The highest BCUT2D eigenvalue weighted by Crippen LogP contribution is 2.17. The zero-order chi connectivity index (χ0) is 11.7. The SMILES string of the molecule is O=C(NC1CCOC1)c1cccc2[nH]ccc12. The summed E-state index contributed by atoms with van der Waals surface area (Å²) in [6.07, 6.45) is 2.75. The van der Waals surface area contributed by atoms with Gasteiger partial charge in [0.2, 0.25) is 0 Å². The third-order valence-electron chi connectivity index (χ3n) is 3.10. The standard InChI is InChI=1S/C13H14N2O2/c16-13(15-9-5-7-17-8-9)11-2-1-3-12-10(11)4-6-14-12/h1-4,6,9,14H,5,7-8H2,(H,15,16). The molecule has 0 radical (unpaired) electrons. The van der Waals surface area contributed by atoms with E-state index in [2.05, 4.69) is 10.3 Å². The molecule has 1 aliphatic rings. The molecule has 0 spiro atoms. The van der Waals surface area contributed by atoms with Gasteiger partial charge >= 0.3 is 0 Å². The van der Waals surface area contributed by atoms with Crippen LogP contribution in [-0.2, 0) is 4.74 Å². The molecule has 1 unspecified atom stereocenters. The average Bonchev–Trinajstić information content (AvgIpc) is 2.97. The maximum Gasteiger partial charge on any atom is 0.252 e. The molecule has 0 aliphatic carbocycles. The van der Waals surface area contributed by atoms with Crippen molar-refractivity contribution in [2.45, 2.75) is 12.5 Å². The Kier molecular flexibility index (Phi) is 2.57. The molecular weight excluding hydrogens is 216 g/mol. The number of rotatable bonds is 2. The number of hydrogen-bond acceptors (Lipinski definition) is 2. The first-order valence-corrected chi connectivity index (χ1v) is 5.79. The highest BCUT2D eigenvalue weighted by molar-refractivity contribution is 6.06. The molecule has 17 heavy (non-hydrogen) atoms. The number of fused-ring (bicyclic) bond motifs is 1. The summed E-state index contributed by atoms with van der Waals surface area (Å²) in [5.74, 6) is -0.0225. The van der Waals surface area contributed by atoms with Gasteiger partial charge in [0, 0.05) is 29.3 Å². The molecule has 1 saturated heterocycles. The summed E-state index contributed by atoms with van der Waals surface area (Å²) in [5.41, 5.74) is 1.70. The van der Waals surface area contributed by atoms with Crippen LogP contribution in [0.1, 0.15) is 16.8 Å². The fourth-order valence-corrected chi connectivity index (χ4v) is 2.19. The van der Waals surface area contributed by atoms with Crippen LogP contribution in [0.25, 0.3) is 10.9 Å². The van der Waals surface area contributed by atoms with Gasteiger partial charge in [-0.1, -0.05) is 6.07 Å². The molecular formula is C13H14N2O2. The van der Waals surface area contributed by atoms with Gasteiger partial charge in [0.05, 0.1) is 12.6 Å². The predicted octanol–water partition coefficient (Wildman–Crippen LogP) is 1.69. The predicted molar refractivity (Wildman–Crippen MR) is 65.0 cm³/mol. The first-order valence-electron chi connectivity index (χ1n) is 5.79. The van der Waals surface area contributed by atoms with Gasteiger partial charge in [-0.15, -0.1) is 0 Å². The Balaban J connectivity index is 1.87. The number of aromatic amines is 1. The van der Waals surface area contributed by atoms with Crippen LogP contribution in [-0.4, -0.2) is 30.1 Å². The van der Waals surface area contributed by atoms with Gasteiger partial charge in [0.1, 0.15) is 0 Å². The van der Waals surface area contributed by atoms with E-state index in [1.54, 1.807) is 0 Å². The van der Waals surface area contributed by atoms with Crippen LogP contribution >= 0.6 is 0 Å². The third-order valence-corrected chi connectivity index (χ3v) is 3.10. The molecule has 1 aliphatic heterocycles. The largest absolute Gasteiger partial charge is 0.379 e. The van der Waals surface area contributed by atoms with Crippen molar-refractivity contribution < 1.29 is 9.53 Å². The molecule has 3 rings (SSSR count). The number of H-pyrrole nitrogens is 1. The topological polar surface area (TPSA) is 54.1 Å². The lowest BCUT2D eigenvalue weighted by atomic mass is 10.1. The fraction of sp³-hybridized carbons (Fsp3) is 0.308. The van der Waals surface area contributed by atoms with Gasteiger partial charge in [-0.25, -0.2) is 0 Å². The normalized spacial score (nSPS) is 19.6. The Morgan fingerprint density at radius 2 is 2.35 bits per heavy atom. The third kappa shape index (κ3) is 1.91. The number of hydrogen-bond donors (Lipinski definition) is 2. The minimum Gasteiger partial charge on any atom is -0.379 e. The lowest BCUT2D eigenvalue weighted by molar-refractivity contribution is 0.0931. The van der Waals surface area contributed by atoms with Crippen molar-refractivity contribution >= 4 is 16.8 Å². The van der Waals surface area contributed by atoms with E-state index >= 15 is 0 Å². The summed E-state index contributed by atoms with van der Waals surface area (Å²) in [7, 11) is 0. The monoisotopic (exact) mass is 230 g/mol. The van der Waals surface area contributed by atoms with Crippen molar-refractivity contribution in [2.75, 3.05) is 13.2 Å². The van der Waals surface area contributed by atoms with Crippen LogP contribution in [0.4, 0.5) is 0 Å². The Morgan fingerprint density at radius 3 is 3.18 bits per heavy atom. The number of carbonyl (C=O) groups excluding carboxylic acids is 1. The first kappa shape index (κ1) is 10.4. The highest BCUT2D eigenvalue weighted by Gasteiger charge is 2.19. The van der Waals surface area contributed by atoms with E-state index in [4.69, 9.17) is 4.74 Å². The number of carbonyl (C=O) groups is 1. The van der Waals surface area contributed by atoms with Crippen molar-refractivity contribution in [1.82, 2.24) is 10.3 Å². The molecule has 4 nitrogen and oxygen atoms in total. The fourth-order valence-electron chi connectivity index (χ4n) is 2.19. The molecule has 2 N–H and O–H groups in total. The molecule has 1 fully saturated rings. The van der Waals surface area contributed by atoms with Gasteiger partial charge < -0.3 is 15.0 Å². The number of nitrogens with one attached hydrogen (secondary N) is 2. The lowest BCUT2D eigenvalue weighted by Crippen LogP contribution is -2.35. The smallest absolute Gasteiger partial charge is 0.252 e. The number of benzene rings is 1. The molecule has 1 atom stereocenters. The van der Waals surface area contributed by atoms with Gasteiger partial charge in [0.15, 0.2) is 0 Å². The molecule has 2 aromatic rings. The minimum atomic E-state index is -0.0225. The summed E-state index contributed by atoms with van der Waals surface area (Å²) < 4.78 is 5.25. The summed E-state index contributed by atoms with van der Waals surface area (Å²) in [4.78, 5) is 15.2. The van der Waals surface area contributed by atoms with Crippen molar-refractivity contribution in [3.05, 3.63) is 36.0 Å². The molecule has 88 valence electrons. The van der Waals surface area contributed by atoms with Crippen LogP contribution in [0, 0.1) is 0 Å². The molecule has 0 saturated carbocycles. The molecule has 1 aromatic heterocycles. The second kappa shape index (κ2) is 4.22. The molecule has 1 amide bonds. The van der Waals surface area contributed by atoms with E-state index in [1.807, 2.05) is 30.5 Å². The van der Waals surface area contributed by atoms with E-state index in [9.17, 15) is 4.79 Å². The average molecular weight is 230 g/mol. The van der Waals surface area contributed by atoms with Gasteiger partial charge in [-0.05, 0) is 24.6 Å². The minimum absolute atomic E-state index is 0.0225. The molecule has 0 bridgehead atoms. The summed E-state index contributed by atoms with van der Waals surface area (Å²) >= 11 is 0. The van der Waals surface area contributed by atoms with E-state index in [0.717, 1.165) is 29.5 Å². The summed E-state index contributed by atoms with van der Waals surface area (Å²) in [6, 6.07) is 7.78. The van der Waals surface area contributed by atoms with Crippen molar-refractivity contribution in [3.63, 3.8) is 0 Å². The van der Waals surface area contributed by atoms with Crippen molar-refractivity contribution in [3.8, 4) is 0 Å². The van der Waals surface area contributed by atoms with Gasteiger partial charge in [0.25, 0.3) is 5.91 Å². The van der Waals surface area contributed by atoms with Crippen molar-refractivity contribution in [1.29, 1.82) is 0 Å². The van der Waals surface area contributed by atoms with E-state index in [-0.39, 0.29) is 11.9 Å². The van der Waals surface area contributed by atoms with Crippen LogP contribution in [0.3, 0.4) is 0 Å². The molecule has 2 heterocycles. The second-order valence-electron chi connectivity index (χ2n) is 4.28. The maximum absolute atomic E-state index is 12.1.